The van der Waals surface area contributed by atoms with Gasteiger partial charge in [0.05, 0.1) is 0 Å². The van der Waals surface area contributed by atoms with E-state index < -0.39 is 11.6 Å². The van der Waals surface area contributed by atoms with E-state index in [0.717, 1.165) is 19.2 Å². The largest absolute Gasteiger partial charge is 0.485 e. The standard InChI is InChI=1S/C16H14ClF2NO2/c17-11-2-4-15(16(5-11)22-13-7-20-8-13)21-9-10-1-3-12(18)6-14(10)19/h1-6,13,20H,7-9H2. The van der Waals surface area contributed by atoms with Crippen molar-refractivity contribution >= 4 is 11.6 Å². The lowest BCUT2D eigenvalue weighted by Crippen LogP contribution is -2.50. The highest BCUT2D eigenvalue weighted by Crippen LogP contribution is 2.32. The highest BCUT2D eigenvalue weighted by Gasteiger charge is 2.20. The van der Waals surface area contributed by atoms with Gasteiger partial charge in [0.1, 0.15) is 24.3 Å². The van der Waals surface area contributed by atoms with Gasteiger partial charge in [-0.15, -0.1) is 0 Å². The number of nitrogens with one attached hydrogen (secondary N) is 1. The molecule has 0 atom stereocenters. The van der Waals surface area contributed by atoms with Crippen molar-refractivity contribution in [3.05, 3.63) is 58.6 Å². The molecule has 22 heavy (non-hydrogen) atoms. The molecule has 0 radical (unpaired) electrons. The topological polar surface area (TPSA) is 30.5 Å². The van der Waals surface area contributed by atoms with Gasteiger partial charge in [-0.1, -0.05) is 11.6 Å². The second-order valence-corrected chi connectivity index (χ2v) is 5.45. The van der Waals surface area contributed by atoms with Crippen LogP contribution in [0.1, 0.15) is 5.56 Å². The molecule has 0 bridgehead atoms. The van der Waals surface area contributed by atoms with E-state index in [1.807, 2.05) is 0 Å². The molecule has 1 N–H and O–H groups in total. The van der Waals surface area contributed by atoms with Crippen LogP contribution in [-0.2, 0) is 6.61 Å². The average molecular weight is 326 g/mol. The van der Waals surface area contributed by atoms with Crippen molar-refractivity contribution in [1.29, 1.82) is 0 Å². The Morgan fingerprint density at radius 3 is 2.59 bits per heavy atom. The molecule has 0 spiro atoms. The molecule has 1 heterocycles. The fourth-order valence-electron chi connectivity index (χ4n) is 2.01. The van der Waals surface area contributed by atoms with Crippen LogP contribution in [0.25, 0.3) is 0 Å². The second kappa shape index (κ2) is 6.50. The Kier molecular flexibility index (Phi) is 4.45. The summed E-state index contributed by atoms with van der Waals surface area (Å²) in [5.41, 5.74) is 0.271. The number of ether oxygens (including phenoxy) is 2. The molecule has 2 aromatic rings. The van der Waals surface area contributed by atoms with Gasteiger partial charge in [-0.25, -0.2) is 8.78 Å². The van der Waals surface area contributed by atoms with Crippen LogP contribution in [0.2, 0.25) is 5.02 Å². The van der Waals surface area contributed by atoms with Gasteiger partial charge in [-0.05, 0) is 24.3 Å². The van der Waals surface area contributed by atoms with Crippen LogP contribution in [0.15, 0.2) is 36.4 Å². The predicted molar refractivity (Wildman–Crippen MR) is 79.4 cm³/mol. The first-order valence-electron chi connectivity index (χ1n) is 6.85. The molecular formula is C16H14ClF2NO2. The summed E-state index contributed by atoms with van der Waals surface area (Å²) in [6.45, 7) is 1.50. The number of benzene rings is 2. The van der Waals surface area contributed by atoms with Crippen molar-refractivity contribution in [2.75, 3.05) is 13.1 Å². The summed E-state index contributed by atoms with van der Waals surface area (Å²) >= 11 is 5.97. The molecule has 0 aliphatic carbocycles. The number of halogens is 3. The normalized spacial score (nSPS) is 14.5. The minimum absolute atomic E-state index is 0.0208. The molecule has 0 saturated carbocycles. The van der Waals surface area contributed by atoms with Crippen molar-refractivity contribution in [1.82, 2.24) is 5.32 Å². The van der Waals surface area contributed by atoms with Crippen LogP contribution >= 0.6 is 11.6 Å². The smallest absolute Gasteiger partial charge is 0.163 e. The quantitative estimate of drug-likeness (QED) is 0.912. The van der Waals surface area contributed by atoms with Crippen LogP contribution in [-0.4, -0.2) is 19.2 Å². The van der Waals surface area contributed by atoms with E-state index in [-0.39, 0.29) is 18.3 Å². The van der Waals surface area contributed by atoms with E-state index in [2.05, 4.69) is 5.32 Å². The van der Waals surface area contributed by atoms with Crippen LogP contribution in [0, 0.1) is 11.6 Å². The molecule has 1 fully saturated rings. The average Bonchev–Trinajstić information content (AvgIpc) is 2.43. The van der Waals surface area contributed by atoms with E-state index >= 15 is 0 Å². The summed E-state index contributed by atoms with van der Waals surface area (Å²) in [6, 6.07) is 8.39. The van der Waals surface area contributed by atoms with Crippen molar-refractivity contribution in [3.63, 3.8) is 0 Å². The lowest BCUT2D eigenvalue weighted by atomic mass is 10.2. The zero-order chi connectivity index (χ0) is 15.5. The molecule has 3 rings (SSSR count). The lowest BCUT2D eigenvalue weighted by Gasteiger charge is -2.28. The molecule has 1 aliphatic rings. The van der Waals surface area contributed by atoms with Gasteiger partial charge in [0, 0.05) is 35.8 Å². The molecule has 1 aliphatic heterocycles. The Hall–Kier alpha value is -1.85. The van der Waals surface area contributed by atoms with Gasteiger partial charge in [-0.2, -0.15) is 0 Å². The fourth-order valence-corrected chi connectivity index (χ4v) is 2.17. The Balaban J connectivity index is 1.73. The van der Waals surface area contributed by atoms with Gasteiger partial charge >= 0.3 is 0 Å². The zero-order valence-corrected chi connectivity index (χ0v) is 12.4. The molecule has 2 aromatic carbocycles. The molecule has 1 saturated heterocycles. The zero-order valence-electron chi connectivity index (χ0n) is 11.6. The Labute approximate surface area is 131 Å². The monoisotopic (exact) mass is 325 g/mol. The van der Waals surface area contributed by atoms with Crippen LogP contribution < -0.4 is 14.8 Å². The van der Waals surface area contributed by atoms with Crippen molar-refractivity contribution < 1.29 is 18.3 Å². The molecule has 3 nitrogen and oxygen atoms in total. The highest BCUT2D eigenvalue weighted by molar-refractivity contribution is 6.30. The van der Waals surface area contributed by atoms with Crippen molar-refractivity contribution in [2.24, 2.45) is 0 Å². The molecule has 116 valence electrons. The molecule has 6 heteroatoms. The minimum atomic E-state index is -0.639. The van der Waals surface area contributed by atoms with Gasteiger partial charge < -0.3 is 14.8 Å². The second-order valence-electron chi connectivity index (χ2n) is 5.01. The number of rotatable bonds is 5. The summed E-state index contributed by atoms with van der Waals surface area (Å²) in [5.74, 6) is -0.268. The lowest BCUT2D eigenvalue weighted by molar-refractivity contribution is 0.134. The summed E-state index contributed by atoms with van der Waals surface area (Å²) in [4.78, 5) is 0. The van der Waals surface area contributed by atoms with E-state index in [1.165, 1.54) is 12.1 Å². The van der Waals surface area contributed by atoms with E-state index in [1.54, 1.807) is 18.2 Å². The summed E-state index contributed by atoms with van der Waals surface area (Å²) < 4.78 is 37.9. The van der Waals surface area contributed by atoms with Crippen molar-refractivity contribution in [2.45, 2.75) is 12.7 Å². The van der Waals surface area contributed by atoms with E-state index in [0.29, 0.717) is 16.5 Å². The third-order valence-electron chi connectivity index (χ3n) is 3.34. The SMILES string of the molecule is Fc1ccc(COc2ccc(Cl)cc2OC2CNC2)c(F)c1. The molecule has 0 aromatic heterocycles. The first kappa shape index (κ1) is 15.1. The van der Waals surface area contributed by atoms with E-state index in [9.17, 15) is 8.78 Å². The van der Waals surface area contributed by atoms with Gasteiger partial charge in [0.2, 0.25) is 0 Å². The van der Waals surface area contributed by atoms with Gasteiger partial charge in [0.25, 0.3) is 0 Å². The Morgan fingerprint density at radius 1 is 1.09 bits per heavy atom. The third-order valence-corrected chi connectivity index (χ3v) is 3.58. The maximum Gasteiger partial charge on any atom is 0.163 e. The predicted octanol–water partition coefficient (Wildman–Crippen LogP) is 3.55. The molecule has 0 amide bonds. The molecular weight excluding hydrogens is 312 g/mol. The summed E-state index contributed by atoms with van der Waals surface area (Å²) in [5, 5.41) is 3.63. The maximum absolute atomic E-state index is 13.6. The van der Waals surface area contributed by atoms with E-state index in [4.69, 9.17) is 21.1 Å². The Morgan fingerprint density at radius 2 is 1.91 bits per heavy atom. The highest BCUT2D eigenvalue weighted by atomic mass is 35.5. The maximum atomic E-state index is 13.6. The third kappa shape index (κ3) is 3.48. The first-order chi connectivity index (χ1) is 10.6. The Bertz CT molecular complexity index is 677. The number of hydrogen-bond acceptors (Lipinski definition) is 3. The summed E-state index contributed by atoms with van der Waals surface area (Å²) in [6.07, 6.45) is 0.0726. The fraction of sp³-hybridized carbons (Fsp3) is 0.250. The minimum Gasteiger partial charge on any atom is -0.485 e. The van der Waals surface area contributed by atoms with Gasteiger partial charge in [0.15, 0.2) is 11.5 Å². The van der Waals surface area contributed by atoms with Crippen LogP contribution in [0.4, 0.5) is 8.78 Å². The summed E-state index contributed by atoms with van der Waals surface area (Å²) in [7, 11) is 0. The first-order valence-corrected chi connectivity index (χ1v) is 7.23. The molecule has 0 unspecified atom stereocenters. The van der Waals surface area contributed by atoms with Gasteiger partial charge in [-0.3, -0.25) is 0 Å². The van der Waals surface area contributed by atoms with Crippen LogP contribution in [0.5, 0.6) is 11.5 Å². The van der Waals surface area contributed by atoms with Crippen molar-refractivity contribution in [3.8, 4) is 11.5 Å². The van der Waals surface area contributed by atoms with Crippen LogP contribution in [0.3, 0.4) is 0 Å². The number of hydrogen-bond donors (Lipinski definition) is 1.